The van der Waals surface area contributed by atoms with Gasteiger partial charge in [0.2, 0.25) is 0 Å². The topological polar surface area (TPSA) is 99.5 Å². The lowest BCUT2D eigenvalue weighted by Gasteiger charge is -2.27. The van der Waals surface area contributed by atoms with Crippen molar-refractivity contribution in [1.82, 2.24) is 15.1 Å². The van der Waals surface area contributed by atoms with Crippen LogP contribution in [0.3, 0.4) is 0 Å². The number of methoxy groups -OCH3 is 1. The summed E-state index contributed by atoms with van der Waals surface area (Å²) in [5.41, 5.74) is 0.973. The van der Waals surface area contributed by atoms with Crippen LogP contribution >= 0.6 is 11.6 Å². The van der Waals surface area contributed by atoms with E-state index in [1.165, 1.54) is 25.5 Å². The van der Waals surface area contributed by atoms with Gasteiger partial charge in [0.1, 0.15) is 21.3 Å². The standard InChI is InChI=1S/C24H31ClF3N3O5S/c1-4-31-22(18-10-7-16(13-19(18)35-2)36-12-11-24(26,27)28)20(25)21(30-31)23(32)29-14-15-5-8-17(9-6-15)37(3,33)34/h7,10,13,15,17H,4-6,8-9,11-12,14H2,1-3H3,(H,29,32)/t15-,17-. The van der Waals surface area contributed by atoms with Crippen LogP contribution in [0.25, 0.3) is 11.3 Å². The van der Waals surface area contributed by atoms with E-state index in [-0.39, 0.29) is 27.6 Å². The Morgan fingerprint density at radius 1 is 1.24 bits per heavy atom. The number of carbonyl (C=O) groups excluding carboxylic acids is 1. The van der Waals surface area contributed by atoms with E-state index in [4.69, 9.17) is 21.1 Å². The Kier molecular flexibility index (Phi) is 9.38. The Hall–Kier alpha value is -2.47. The largest absolute Gasteiger partial charge is 0.496 e. The molecule has 1 N–H and O–H groups in total. The smallest absolute Gasteiger partial charge is 0.392 e. The number of hydrogen-bond donors (Lipinski definition) is 1. The van der Waals surface area contributed by atoms with Crippen molar-refractivity contribution < 1.29 is 35.9 Å². The number of hydrogen-bond acceptors (Lipinski definition) is 6. The molecule has 1 heterocycles. The summed E-state index contributed by atoms with van der Waals surface area (Å²) in [6.45, 7) is 2.08. The molecule has 0 atom stereocenters. The summed E-state index contributed by atoms with van der Waals surface area (Å²) >= 11 is 6.61. The molecule has 13 heteroatoms. The van der Waals surface area contributed by atoms with Crippen LogP contribution in [-0.4, -0.2) is 62.0 Å². The van der Waals surface area contributed by atoms with E-state index in [0.29, 0.717) is 55.8 Å². The van der Waals surface area contributed by atoms with Gasteiger partial charge in [-0.3, -0.25) is 9.48 Å². The molecule has 1 aromatic heterocycles. The minimum absolute atomic E-state index is 0.0379. The molecular formula is C24H31ClF3N3O5S. The van der Waals surface area contributed by atoms with Crippen LogP contribution in [0.15, 0.2) is 18.2 Å². The number of halogens is 4. The second-order valence-corrected chi connectivity index (χ2v) is 11.8. The van der Waals surface area contributed by atoms with E-state index >= 15 is 0 Å². The Morgan fingerprint density at radius 3 is 2.49 bits per heavy atom. The summed E-state index contributed by atoms with van der Waals surface area (Å²) in [6.07, 6.45) is -1.59. The molecule has 0 saturated heterocycles. The summed E-state index contributed by atoms with van der Waals surface area (Å²) in [5, 5.41) is 7.02. The first kappa shape index (κ1) is 29.1. The Labute approximate surface area is 219 Å². The summed E-state index contributed by atoms with van der Waals surface area (Å²) in [6, 6.07) is 4.56. The average molecular weight is 566 g/mol. The van der Waals surface area contributed by atoms with Gasteiger partial charge in [-0.2, -0.15) is 18.3 Å². The van der Waals surface area contributed by atoms with Crippen LogP contribution in [0.2, 0.25) is 5.02 Å². The number of nitrogens with one attached hydrogen (secondary N) is 1. The first-order chi connectivity index (χ1) is 17.3. The number of alkyl halides is 3. The lowest BCUT2D eigenvalue weighted by molar-refractivity contribution is -0.139. The van der Waals surface area contributed by atoms with Crippen LogP contribution in [0.4, 0.5) is 13.2 Å². The second-order valence-electron chi connectivity index (χ2n) is 9.08. The number of benzene rings is 1. The van der Waals surface area contributed by atoms with Gasteiger partial charge in [0.05, 0.1) is 36.1 Å². The Morgan fingerprint density at radius 2 is 1.92 bits per heavy atom. The molecule has 1 saturated carbocycles. The van der Waals surface area contributed by atoms with E-state index in [1.54, 1.807) is 10.7 Å². The lowest BCUT2D eigenvalue weighted by Crippen LogP contribution is -2.34. The molecule has 37 heavy (non-hydrogen) atoms. The molecule has 0 spiro atoms. The van der Waals surface area contributed by atoms with E-state index in [9.17, 15) is 26.4 Å². The number of amides is 1. The number of rotatable bonds is 10. The van der Waals surface area contributed by atoms with Crippen LogP contribution in [0, 0.1) is 5.92 Å². The SMILES string of the molecule is CCn1nc(C(=O)NC[C@H]2CC[C@H](S(C)(=O)=O)CC2)c(Cl)c1-c1ccc(OCCC(F)(F)F)cc1OC. The van der Waals surface area contributed by atoms with Crippen molar-refractivity contribution in [3.63, 3.8) is 0 Å². The van der Waals surface area contributed by atoms with Crippen LogP contribution in [0.5, 0.6) is 11.5 Å². The van der Waals surface area contributed by atoms with Crippen molar-refractivity contribution in [1.29, 1.82) is 0 Å². The normalized spacial score (nSPS) is 18.5. The summed E-state index contributed by atoms with van der Waals surface area (Å²) in [5.74, 6) is 0.218. The summed E-state index contributed by atoms with van der Waals surface area (Å²) < 4.78 is 73.0. The lowest BCUT2D eigenvalue weighted by atomic mass is 9.89. The van der Waals surface area contributed by atoms with Crippen LogP contribution in [-0.2, 0) is 16.4 Å². The molecule has 0 radical (unpaired) electrons. The molecule has 0 unspecified atom stereocenters. The van der Waals surface area contributed by atoms with E-state index < -0.39 is 34.9 Å². The third kappa shape index (κ3) is 7.53. The highest BCUT2D eigenvalue weighted by molar-refractivity contribution is 7.91. The van der Waals surface area contributed by atoms with Gasteiger partial charge >= 0.3 is 6.18 Å². The maximum absolute atomic E-state index is 12.9. The minimum Gasteiger partial charge on any atom is -0.496 e. The molecule has 1 amide bonds. The number of nitrogens with zero attached hydrogens (tertiary/aromatic N) is 2. The highest BCUT2D eigenvalue weighted by atomic mass is 35.5. The van der Waals surface area contributed by atoms with Gasteiger partial charge < -0.3 is 14.8 Å². The van der Waals surface area contributed by atoms with E-state index in [1.807, 2.05) is 6.92 Å². The molecule has 3 rings (SSSR count). The predicted molar refractivity (Wildman–Crippen MR) is 134 cm³/mol. The first-order valence-electron chi connectivity index (χ1n) is 11.9. The first-order valence-corrected chi connectivity index (χ1v) is 14.3. The molecule has 0 bridgehead atoms. The zero-order valence-electron chi connectivity index (χ0n) is 20.9. The fourth-order valence-electron chi connectivity index (χ4n) is 4.40. The maximum atomic E-state index is 12.9. The third-order valence-electron chi connectivity index (χ3n) is 6.44. The number of carbonyl (C=O) groups is 1. The van der Waals surface area contributed by atoms with Crippen molar-refractivity contribution in [2.75, 3.05) is 26.5 Å². The quantitative estimate of drug-likeness (QED) is 0.440. The number of sulfone groups is 1. The molecule has 2 aromatic rings. The molecule has 1 fully saturated rings. The molecular weight excluding hydrogens is 535 g/mol. The molecule has 1 aliphatic rings. The van der Waals surface area contributed by atoms with Crippen molar-refractivity contribution in [2.24, 2.45) is 5.92 Å². The summed E-state index contributed by atoms with van der Waals surface area (Å²) in [7, 11) is -1.65. The number of aromatic nitrogens is 2. The van der Waals surface area contributed by atoms with E-state index in [2.05, 4.69) is 10.4 Å². The van der Waals surface area contributed by atoms with Gasteiger partial charge in [0.15, 0.2) is 5.69 Å². The molecule has 0 aliphatic heterocycles. The van der Waals surface area contributed by atoms with Gasteiger partial charge in [-0.25, -0.2) is 8.42 Å². The monoisotopic (exact) mass is 565 g/mol. The minimum atomic E-state index is -4.32. The van der Waals surface area contributed by atoms with Crippen LogP contribution in [0.1, 0.15) is 49.5 Å². The Balaban J connectivity index is 1.73. The zero-order valence-corrected chi connectivity index (χ0v) is 22.5. The molecule has 206 valence electrons. The fourth-order valence-corrected chi connectivity index (χ4v) is 5.85. The maximum Gasteiger partial charge on any atom is 0.392 e. The van der Waals surface area contributed by atoms with Gasteiger partial charge in [0, 0.05) is 31.0 Å². The van der Waals surface area contributed by atoms with Crippen molar-refractivity contribution in [3.8, 4) is 22.8 Å². The number of aryl methyl sites for hydroxylation is 1. The number of ether oxygens (including phenoxy) is 2. The Bertz CT molecular complexity index is 1210. The predicted octanol–water partition coefficient (Wildman–Crippen LogP) is 4.90. The highest BCUT2D eigenvalue weighted by Gasteiger charge is 2.30. The second kappa shape index (κ2) is 11.9. The summed E-state index contributed by atoms with van der Waals surface area (Å²) in [4.78, 5) is 12.9. The van der Waals surface area contributed by atoms with Gasteiger partial charge in [-0.05, 0) is 50.7 Å². The van der Waals surface area contributed by atoms with Gasteiger partial charge in [0.25, 0.3) is 5.91 Å². The van der Waals surface area contributed by atoms with Gasteiger partial charge in [-0.1, -0.05) is 11.6 Å². The molecule has 8 nitrogen and oxygen atoms in total. The van der Waals surface area contributed by atoms with Crippen molar-refractivity contribution in [2.45, 2.75) is 57.0 Å². The van der Waals surface area contributed by atoms with Crippen molar-refractivity contribution in [3.05, 3.63) is 28.9 Å². The third-order valence-corrected chi connectivity index (χ3v) is 8.48. The van der Waals surface area contributed by atoms with Gasteiger partial charge in [-0.15, -0.1) is 0 Å². The van der Waals surface area contributed by atoms with Crippen molar-refractivity contribution >= 4 is 27.3 Å². The fraction of sp³-hybridized carbons (Fsp3) is 0.583. The molecule has 1 aromatic carbocycles. The van der Waals surface area contributed by atoms with E-state index in [0.717, 1.165) is 0 Å². The highest BCUT2D eigenvalue weighted by Crippen LogP contribution is 2.39. The average Bonchev–Trinajstić information content (AvgIpc) is 3.17. The van der Waals surface area contributed by atoms with Crippen LogP contribution < -0.4 is 14.8 Å². The zero-order chi connectivity index (χ0) is 27.4. The molecule has 1 aliphatic carbocycles.